The van der Waals surface area contributed by atoms with Crippen LogP contribution in [-0.2, 0) is 23.0 Å². The lowest BCUT2D eigenvalue weighted by Crippen LogP contribution is -2.23. The lowest BCUT2D eigenvalue weighted by molar-refractivity contribution is 0.100. The van der Waals surface area contributed by atoms with Crippen LogP contribution < -0.4 is 43.8 Å². The van der Waals surface area contributed by atoms with Crippen molar-refractivity contribution in [2.45, 2.75) is 59.4 Å². The van der Waals surface area contributed by atoms with Crippen LogP contribution in [-0.4, -0.2) is 158 Å². The van der Waals surface area contributed by atoms with E-state index >= 15 is 0 Å². The van der Waals surface area contributed by atoms with E-state index in [1.807, 2.05) is 215 Å². The third-order valence-corrected chi connectivity index (χ3v) is 21.9. The maximum atomic E-state index is 12.8. The molecule has 0 radical (unpaired) electrons. The summed E-state index contributed by atoms with van der Waals surface area (Å²) in [5.41, 5.74) is 27.2. The monoisotopic (exact) mass is 1770 g/mol. The Hall–Kier alpha value is -17.8. The summed E-state index contributed by atoms with van der Waals surface area (Å²) in [4.78, 5) is 79.9. The third kappa shape index (κ3) is 20.3. The largest absolute Gasteiger partial charge is 0.398 e. The number of primary amides is 1. The summed E-state index contributed by atoms with van der Waals surface area (Å²) < 4.78 is 26.8. The predicted octanol–water partition coefficient (Wildman–Crippen LogP) is 15.5. The quantitative estimate of drug-likeness (QED) is 0.0297. The van der Waals surface area contributed by atoms with E-state index in [1.165, 1.54) is 18.4 Å². The fourth-order valence-corrected chi connectivity index (χ4v) is 14.9. The Morgan fingerprint density at radius 2 is 0.689 bits per heavy atom. The zero-order valence-electron chi connectivity index (χ0n) is 72.3. The maximum Gasteiger partial charge on any atom is 0.249 e. The van der Waals surface area contributed by atoms with Crippen LogP contribution in [0, 0.1) is 44.9 Å². The fraction of sp³-hybridized carbons (Fsp3) is 0.118. The molecule has 1 amide bonds. The number of H-pyrrole nitrogens is 5. The van der Waals surface area contributed by atoms with Gasteiger partial charge in [-0.2, -0.15) is 30.2 Å². The molecule has 16 N–H and O–H groups in total. The second-order valence-electron chi connectivity index (χ2n) is 30.2. The molecular formula is C93H85N35O3S. The molecule has 0 atom stereocenters. The summed E-state index contributed by atoms with van der Waals surface area (Å²) in [6, 6.07) is 76.9. The van der Waals surface area contributed by atoms with Gasteiger partial charge >= 0.3 is 0 Å². The van der Waals surface area contributed by atoms with Gasteiger partial charge in [-0.1, -0.05) is 153 Å². The molecular weight excluding hydrogens is 1690 g/mol. The minimum Gasteiger partial charge on any atom is -0.398 e. The number of fused-ring (bicyclic) bond motifs is 5. The van der Waals surface area contributed by atoms with Crippen molar-refractivity contribution in [3.8, 4) is 63.0 Å². The zero-order chi connectivity index (χ0) is 91.9. The predicted molar refractivity (Wildman–Crippen MR) is 507 cm³/mol. The number of carbonyl (C=O) groups is 1. The Bertz CT molecular complexity index is 7750. The number of nitrogen functional groups attached to an aromatic ring is 1. The van der Waals surface area contributed by atoms with Gasteiger partial charge in [0, 0.05) is 87.5 Å². The van der Waals surface area contributed by atoms with Crippen LogP contribution in [0.25, 0.3) is 111 Å². The Kier molecular flexibility index (Phi) is 26.2. The second-order valence-corrected chi connectivity index (χ2v) is 32.3. The van der Waals surface area contributed by atoms with Crippen LogP contribution in [0.4, 0.5) is 64.5 Å². The van der Waals surface area contributed by atoms with Gasteiger partial charge in [0.25, 0.3) is 0 Å². The summed E-state index contributed by atoms with van der Waals surface area (Å²) in [6.07, 6.45) is 0.819. The standard InChI is InChI=1S/C21H19N7.C19H19N7O2S.C18H15N7O.C18H17N7.C17H15N7/c1-13(2)11-18-24-21(28-27-18)26-20-16-9-5-6-10-17(16)23-19(25-20)15-8-4-3-7-14(15)12-22;1-12-20-19(25-24-12)23-17-13-8-4-6-10-15(13)21-18(22-17)14-9-5-7-11-16(14)29(27,28)26(2)3;1-10-20-18(25-24-10)23-17-13-8-4-5-9-14(13)21-16(22-17)12-7-3-2-6-11(12)15(19)26;1-11-20-18(25-24-11)23-17-14-8-4-5-9-15(14)21-16(22-17)13-7-3-2-6-12(13)10-19;1-10-19-17(24-23-10)22-16-12-7-3-5-9-14(12)20-15(21-16)11-6-2-4-8-13(11)18/h3-10,13H,11H2,1-2H3,(H2,23,24,25,26,27,28);4-11H,1-3H3,(H2,20,21,22,23,24,25);2-9H,1H3,(H2,19,26)(H2,20,21,22,23,24,25);2-9H,10,19H2,1H3,(H2,20,21,22,23,24,25);2-9H,18H2,1H3,(H2,19,20,21,22,23,24). The second kappa shape index (κ2) is 39.4. The van der Waals surface area contributed by atoms with Crippen molar-refractivity contribution in [3.05, 3.63) is 288 Å². The minimum absolute atomic E-state index is 0.139. The van der Waals surface area contributed by atoms with Crippen molar-refractivity contribution >= 4 is 135 Å². The number of amides is 1. The average molecular weight is 1770 g/mol. The van der Waals surface area contributed by atoms with Crippen LogP contribution in [0.15, 0.2) is 248 Å². The van der Waals surface area contributed by atoms with Gasteiger partial charge in [0.15, 0.2) is 29.1 Å². The summed E-state index contributed by atoms with van der Waals surface area (Å²) in [6.45, 7) is 12.0. The number of nitriles is 1. The third-order valence-electron chi connectivity index (χ3n) is 20.0. The van der Waals surface area contributed by atoms with E-state index in [2.05, 4.69) is 162 Å². The number of anilines is 11. The van der Waals surface area contributed by atoms with E-state index in [0.717, 1.165) is 89.6 Å². The molecule has 0 fully saturated rings. The first-order valence-corrected chi connectivity index (χ1v) is 42.7. The van der Waals surface area contributed by atoms with E-state index in [1.54, 1.807) is 55.5 Å². The van der Waals surface area contributed by atoms with E-state index < -0.39 is 15.9 Å². The first kappa shape index (κ1) is 87.7. The highest BCUT2D eigenvalue weighted by Crippen LogP contribution is 2.36. The molecule has 20 rings (SSSR count). The Morgan fingerprint density at radius 1 is 0.379 bits per heavy atom. The van der Waals surface area contributed by atoms with Crippen molar-refractivity contribution < 1.29 is 13.2 Å². The van der Waals surface area contributed by atoms with Gasteiger partial charge in [-0.25, -0.2) is 62.6 Å². The van der Waals surface area contributed by atoms with Gasteiger partial charge in [0.05, 0.1) is 49.7 Å². The van der Waals surface area contributed by atoms with Crippen molar-refractivity contribution in [1.29, 1.82) is 5.26 Å². The first-order valence-electron chi connectivity index (χ1n) is 41.3. The van der Waals surface area contributed by atoms with Crippen molar-refractivity contribution in [2.24, 2.45) is 17.4 Å². The van der Waals surface area contributed by atoms with E-state index in [0.29, 0.717) is 151 Å². The van der Waals surface area contributed by atoms with Gasteiger partial charge in [0.1, 0.15) is 58.2 Å². The lowest BCUT2D eigenvalue weighted by Gasteiger charge is -2.15. The average Bonchev–Trinajstić information content (AvgIpc) is 1.27. The van der Waals surface area contributed by atoms with E-state index in [4.69, 9.17) is 27.2 Å². The van der Waals surface area contributed by atoms with E-state index in [9.17, 15) is 18.5 Å². The Labute approximate surface area is 754 Å². The molecule has 656 valence electrons. The number of hydrogen-bond acceptors (Lipinski definition) is 31. The SMILES string of the molecule is CC(C)Cc1nc(Nc2nc(-c3ccccc3C#N)nc3ccccc23)n[nH]1.Cc1nc(Nc2nc(-c3ccccc3C(N)=O)nc3ccccc23)n[nH]1.Cc1nc(Nc2nc(-c3ccccc3CN)nc3ccccc23)n[nH]1.Cc1nc(Nc2nc(-c3ccccc3N)nc3ccccc23)n[nH]1.Cc1nc(Nc2nc(-c3ccccc3S(=O)(=O)N(C)C)nc3ccccc23)n[nH]1. The molecule has 10 aromatic heterocycles. The molecule has 0 aliphatic carbocycles. The first-order chi connectivity index (χ1) is 64.1. The number of nitrogens with two attached hydrogens (primary N) is 3. The summed E-state index contributed by atoms with van der Waals surface area (Å²) >= 11 is 0. The maximum absolute atomic E-state index is 12.8. The number of hydrogen-bond donors (Lipinski definition) is 13. The highest BCUT2D eigenvalue weighted by atomic mass is 32.2. The number of aromatic nitrogens is 25. The summed E-state index contributed by atoms with van der Waals surface area (Å²) in [7, 11) is -0.690. The van der Waals surface area contributed by atoms with Crippen LogP contribution in [0.3, 0.4) is 0 Å². The van der Waals surface area contributed by atoms with Gasteiger partial charge in [-0.15, -0.1) is 25.5 Å². The van der Waals surface area contributed by atoms with Crippen LogP contribution in [0.5, 0.6) is 0 Å². The molecule has 39 heteroatoms. The summed E-state index contributed by atoms with van der Waals surface area (Å²) in [5, 5.41) is 64.2. The molecule has 0 aliphatic heterocycles. The van der Waals surface area contributed by atoms with Gasteiger partial charge < -0.3 is 43.8 Å². The number of nitrogens with zero attached hydrogens (tertiary/aromatic N) is 22. The normalized spacial score (nSPS) is 11.1. The fourth-order valence-electron chi connectivity index (χ4n) is 13.8. The molecule has 0 unspecified atom stereocenters. The molecule has 0 saturated heterocycles. The molecule has 132 heavy (non-hydrogen) atoms. The molecule has 0 aliphatic rings. The molecule has 38 nitrogen and oxygen atoms in total. The summed E-state index contributed by atoms with van der Waals surface area (Å²) in [5.74, 6) is 11.0. The smallest absolute Gasteiger partial charge is 0.249 e. The van der Waals surface area contributed by atoms with Crippen molar-refractivity contribution in [3.63, 3.8) is 0 Å². The molecule has 20 aromatic rings. The number of aryl methyl sites for hydroxylation is 4. The highest BCUT2D eigenvalue weighted by molar-refractivity contribution is 7.89. The minimum atomic E-state index is -3.67. The number of sulfonamides is 1. The van der Waals surface area contributed by atoms with E-state index in [-0.39, 0.29) is 4.90 Å². The van der Waals surface area contributed by atoms with Crippen LogP contribution in [0.1, 0.15) is 64.5 Å². The molecule has 0 saturated carbocycles. The number of rotatable bonds is 21. The number of nitrogens with one attached hydrogen (secondary N) is 10. The van der Waals surface area contributed by atoms with Gasteiger partial charge in [-0.3, -0.25) is 30.3 Å². The topological polar surface area (TPSA) is 553 Å². The molecule has 0 spiro atoms. The molecule has 10 aromatic carbocycles. The van der Waals surface area contributed by atoms with Crippen molar-refractivity contribution in [2.75, 3.05) is 46.4 Å². The lowest BCUT2D eigenvalue weighted by atomic mass is 10.1. The van der Waals surface area contributed by atoms with Gasteiger partial charge in [0.2, 0.25) is 45.7 Å². The number of para-hydroxylation sites is 6. The van der Waals surface area contributed by atoms with Crippen molar-refractivity contribution in [1.82, 2.24) is 130 Å². The van der Waals surface area contributed by atoms with Gasteiger partial charge in [-0.05, 0) is 142 Å². The van der Waals surface area contributed by atoms with Crippen LogP contribution in [0.2, 0.25) is 0 Å². The number of benzene rings is 10. The Balaban J connectivity index is 0.000000121. The highest BCUT2D eigenvalue weighted by Gasteiger charge is 2.26. The molecule has 10 heterocycles. The molecule has 0 bridgehead atoms. The Morgan fingerprint density at radius 3 is 1.07 bits per heavy atom. The van der Waals surface area contributed by atoms with Crippen LogP contribution >= 0.6 is 0 Å². The zero-order valence-corrected chi connectivity index (χ0v) is 73.1. The number of carbonyl (C=O) groups excluding carboxylic acids is 1. The number of aromatic amines is 5.